The van der Waals surface area contributed by atoms with E-state index in [4.69, 9.17) is 4.74 Å². The van der Waals surface area contributed by atoms with E-state index in [0.29, 0.717) is 22.8 Å². The Morgan fingerprint density at radius 3 is 2.71 bits per heavy atom. The van der Waals surface area contributed by atoms with Crippen molar-refractivity contribution in [1.82, 2.24) is 19.6 Å². The summed E-state index contributed by atoms with van der Waals surface area (Å²) in [5, 5.41) is 11.4. The average Bonchev–Trinajstić information content (AvgIpc) is 3.22. The number of rotatable bonds is 6. The lowest BCUT2D eigenvalue weighted by molar-refractivity contribution is 0.405. The van der Waals surface area contributed by atoms with Crippen LogP contribution < -0.4 is 10.1 Å². The Morgan fingerprint density at radius 1 is 1.19 bits per heavy atom. The largest absolute Gasteiger partial charge is 0.496 e. The molecule has 3 aromatic heterocycles. The summed E-state index contributed by atoms with van der Waals surface area (Å²) < 4.78 is 44.8. The van der Waals surface area contributed by atoms with Crippen molar-refractivity contribution in [3.8, 4) is 16.9 Å². The molecule has 1 aromatic carbocycles. The molecule has 160 valence electrons. The predicted molar refractivity (Wildman–Crippen MR) is 114 cm³/mol. The fraction of sp³-hybridized carbons (Fsp3) is 0.190. The number of methoxy groups -OCH3 is 1. The van der Waals surface area contributed by atoms with Crippen LogP contribution >= 0.6 is 0 Å². The molecule has 0 unspecified atom stereocenters. The summed E-state index contributed by atoms with van der Waals surface area (Å²) in [4.78, 5) is 4.09. The highest BCUT2D eigenvalue weighted by atomic mass is 32.2. The summed E-state index contributed by atoms with van der Waals surface area (Å²) in [6.45, 7) is 2.02. The van der Waals surface area contributed by atoms with Crippen LogP contribution in [0.15, 0.2) is 53.9 Å². The van der Waals surface area contributed by atoms with Gasteiger partial charge in [0.1, 0.15) is 23.7 Å². The van der Waals surface area contributed by atoms with Crippen LogP contribution in [0.4, 0.5) is 10.2 Å². The monoisotopic (exact) mass is 441 g/mol. The Hall–Kier alpha value is -3.53. The van der Waals surface area contributed by atoms with Crippen molar-refractivity contribution in [2.24, 2.45) is 0 Å². The molecule has 1 N–H and O–H groups in total. The minimum atomic E-state index is -3.40. The van der Waals surface area contributed by atoms with Crippen molar-refractivity contribution in [3.05, 3.63) is 65.9 Å². The first-order chi connectivity index (χ1) is 14.8. The summed E-state index contributed by atoms with van der Waals surface area (Å²) in [6, 6.07) is 9.88. The highest BCUT2D eigenvalue weighted by Crippen LogP contribution is 2.30. The predicted octanol–water partition coefficient (Wildman–Crippen LogP) is 3.26. The van der Waals surface area contributed by atoms with Gasteiger partial charge in [0.25, 0.3) is 0 Å². The van der Waals surface area contributed by atoms with E-state index in [1.54, 1.807) is 22.9 Å². The number of pyridine rings is 2. The molecule has 10 heteroatoms. The molecule has 0 saturated heterocycles. The molecule has 0 aliphatic rings. The van der Waals surface area contributed by atoms with Crippen LogP contribution in [-0.2, 0) is 16.4 Å². The molecule has 31 heavy (non-hydrogen) atoms. The van der Waals surface area contributed by atoms with E-state index in [0.717, 1.165) is 22.9 Å². The molecule has 0 radical (unpaired) electrons. The highest BCUT2D eigenvalue weighted by Gasteiger charge is 2.16. The summed E-state index contributed by atoms with van der Waals surface area (Å²) in [6.07, 6.45) is 4.19. The number of hydrogen-bond acceptors (Lipinski definition) is 7. The number of aryl methyl sites for hydroxylation is 1. The number of hydrogen-bond donors (Lipinski definition) is 1. The van der Waals surface area contributed by atoms with Crippen LogP contribution in [0.25, 0.3) is 16.8 Å². The Kier molecular flexibility index (Phi) is 5.32. The molecule has 0 amide bonds. The van der Waals surface area contributed by atoms with Gasteiger partial charge >= 0.3 is 0 Å². The molecule has 0 spiro atoms. The van der Waals surface area contributed by atoms with Gasteiger partial charge in [-0.1, -0.05) is 6.07 Å². The van der Waals surface area contributed by atoms with Crippen LogP contribution in [-0.4, -0.2) is 41.4 Å². The molecule has 4 aromatic rings. The van der Waals surface area contributed by atoms with Gasteiger partial charge in [0, 0.05) is 35.7 Å². The van der Waals surface area contributed by atoms with E-state index in [1.165, 1.54) is 25.4 Å². The first kappa shape index (κ1) is 20.7. The number of nitrogens with one attached hydrogen (secondary N) is 1. The Labute approximate surface area is 178 Å². The summed E-state index contributed by atoms with van der Waals surface area (Å²) in [5.41, 5.74) is 3.20. The van der Waals surface area contributed by atoms with Crippen molar-refractivity contribution >= 4 is 21.3 Å². The summed E-state index contributed by atoms with van der Waals surface area (Å²) >= 11 is 0. The van der Waals surface area contributed by atoms with Gasteiger partial charge in [-0.05, 0) is 42.8 Å². The molecule has 3 heterocycles. The minimum absolute atomic E-state index is 0.0170. The van der Waals surface area contributed by atoms with Gasteiger partial charge in [-0.25, -0.2) is 17.8 Å². The molecule has 0 saturated carbocycles. The number of anilines is 1. The van der Waals surface area contributed by atoms with Gasteiger partial charge in [0.05, 0.1) is 7.11 Å². The second-order valence-electron chi connectivity index (χ2n) is 7.04. The van der Waals surface area contributed by atoms with Crippen molar-refractivity contribution in [2.45, 2.75) is 18.5 Å². The quantitative estimate of drug-likeness (QED) is 0.490. The third-order valence-corrected chi connectivity index (χ3v) is 5.94. The molecule has 0 atom stereocenters. The number of fused-ring (bicyclic) bond motifs is 1. The van der Waals surface area contributed by atoms with Crippen molar-refractivity contribution < 1.29 is 17.5 Å². The number of benzene rings is 1. The maximum atomic E-state index is 14.2. The van der Waals surface area contributed by atoms with Crippen molar-refractivity contribution in [2.75, 3.05) is 18.7 Å². The van der Waals surface area contributed by atoms with Gasteiger partial charge in [0.2, 0.25) is 0 Å². The van der Waals surface area contributed by atoms with Crippen molar-refractivity contribution in [3.63, 3.8) is 0 Å². The topological polar surface area (TPSA) is 98.5 Å². The first-order valence-electron chi connectivity index (χ1n) is 9.34. The molecule has 0 aliphatic carbocycles. The summed E-state index contributed by atoms with van der Waals surface area (Å²) in [7, 11) is -1.90. The number of sulfone groups is 1. The van der Waals surface area contributed by atoms with Crippen LogP contribution in [0.1, 0.15) is 11.1 Å². The lowest BCUT2D eigenvalue weighted by Gasteiger charge is -2.14. The zero-order chi connectivity index (χ0) is 22.2. The molecule has 0 bridgehead atoms. The van der Waals surface area contributed by atoms with Gasteiger partial charge < -0.3 is 10.1 Å². The van der Waals surface area contributed by atoms with E-state index >= 15 is 0 Å². The van der Waals surface area contributed by atoms with Crippen LogP contribution in [0.3, 0.4) is 0 Å². The highest BCUT2D eigenvalue weighted by molar-refractivity contribution is 7.90. The Bertz CT molecular complexity index is 1390. The average molecular weight is 441 g/mol. The molecular weight excluding hydrogens is 421 g/mol. The molecule has 0 fully saturated rings. The van der Waals surface area contributed by atoms with Crippen LogP contribution in [0, 0.1) is 12.7 Å². The molecule has 4 rings (SSSR count). The third-order valence-electron chi connectivity index (χ3n) is 4.95. The molecule has 8 nitrogen and oxygen atoms in total. The first-order valence-corrected chi connectivity index (χ1v) is 11.2. The van der Waals surface area contributed by atoms with Crippen LogP contribution in [0.2, 0.25) is 0 Å². The van der Waals surface area contributed by atoms with E-state index in [-0.39, 0.29) is 17.4 Å². The second-order valence-corrected chi connectivity index (χ2v) is 9.00. The van der Waals surface area contributed by atoms with Gasteiger partial charge in [-0.2, -0.15) is 0 Å². The van der Waals surface area contributed by atoms with E-state index in [2.05, 4.69) is 20.5 Å². The maximum Gasteiger partial charge on any atom is 0.192 e. The number of ether oxygens (including phenoxy) is 1. The number of nitrogens with zero attached hydrogens (tertiary/aromatic N) is 4. The second kappa shape index (κ2) is 7.95. The minimum Gasteiger partial charge on any atom is -0.496 e. The lowest BCUT2D eigenvalue weighted by Crippen LogP contribution is -2.07. The van der Waals surface area contributed by atoms with Crippen molar-refractivity contribution in [1.29, 1.82) is 0 Å². The number of aromatic nitrogens is 4. The lowest BCUT2D eigenvalue weighted by atomic mass is 10.0. The molecular formula is C21H20FN5O3S. The fourth-order valence-corrected chi connectivity index (χ4v) is 4.00. The van der Waals surface area contributed by atoms with E-state index in [1.807, 2.05) is 19.1 Å². The standard InChI is InChI=1S/C21H20FN5O3S/c1-13-9-20(31(3,28)29)24-10-15(13)14-7-8-19(27-12-25-26-21(14)27)23-11-16-17(22)5-4-6-18(16)30-2/h4-10,12,23H,11H2,1-3H3. The van der Waals surface area contributed by atoms with Gasteiger partial charge in [-0.15, -0.1) is 10.2 Å². The summed E-state index contributed by atoms with van der Waals surface area (Å²) in [5.74, 6) is 0.750. The van der Waals surface area contributed by atoms with E-state index in [9.17, 15) is 12.8 Å². The van der Waals surface area contributed by atoms with Gasteiger partial charge in [-0.3, -0.25) is 4.40 Å². The number of halogens is 1. The third kappa shape index (κ3) is 3.93. The Morgan fingerprint density at radius 2 is 2.00 bits per heavy atom. The van der Waals surface area contributed by atoms with Crippen LogP contribution in [0.5, 0.6) is 5.75 Å². The Balaban J connectivity index is 1.71. The van der Waals surface area contributed by atoms with Gasteiger partial charge in [0.15, 0.2) is 20.5 Å². The van der Waals surface area contributed by atoms with E-state index < -0.39 is 9.84 Å². The molecule has 0 aliphatic heterocycles. The zero-order valence-corrected chi connectivity index (χ0v) is 17.9. The maximum absolute atomic E-state index is 14.2. The fourth-order valence-electron chi connectivity index (χ4n) is 3.36. The SMILES string of the molecule is COc1cccc(F)c1CNc1ccc(-c2cnc(S(C)(=O)=O)cc2C)c2nncn12. The zero-order valence-electron chi connectivity index (χ0n) is 17.1. The normalized spacial score (nSPS) is 11.6. The smallest absolute Gasteiger partial charge is 0.192 e.